The van der Waals surface area contributed by atoms with E-state index in [2.05, 4.69) is 20.8 Å². The van der Waals surface area contributed by atoms with Crippen LogP contribution in [0.1, 0.15) is 59.8 Å². The highest BCUT2D eigenvalue weighted by molar-refractivity contribution is 5.83. The lowest BCUT2D eigenvalue weighted by molar-refractivity contribution is -0.149. The summed E-state index contributed by atoms with van der Waals surface area (Å²) >= 11 is 0. The molecule has 0 aromatic rings. The van der Waals surface area contributed by atoms with E-state index in [9.17, 15) is 9.59 Å². The molecule has 1 aliphatic rings. The summed E-state index contributed by atoms with van der Waals surface area (Å²) in [5.41, 5.74) is 0.323. The topological polar surface area (TPSA) is 46.6 Å². The molecule has 0 bridgehead atoms. The van der Waals surface area contributed by atoms with Crippen molar-refractivity contribution >= 4 is 11.9 Å². The molecular formula is C17H31NO3. The largest absolute Gasteiger partial charge is 0.468 e. The first-order valence-corrected chi connectivity index (χ1v) is 8.15. The third-order valence-electron chi connectivity index (χ3n) is 4.65. The van der Waals surface area contributed by atoms with Gasteiger partial charge in [-0.15, -0.1) is 0 Å². The zero-order chi connectivity index (χ0) is 16.0. The second-order valence-electron chi connectivity index (χ2n) is 7.25. The predicted molar refractivity (Wildman–Crippen MR) is 83.8 cm³/mol. The molecule has 4 nitrogen and oxygen atoms in total. The van der Waals surface area contributed by atoms with Gasteiger partial charge in [-0.05, 0) is 43.4 Å². The molecule has 0 N–H and O–H groups in total. The highest BCUT2D eigenvalue weighted by atomic mass is 16.5. The van der Waals surface area contributed by atoms with E-state index in [4.69, 9.17) is 4.74 Å². The first-order chi connectivity index (χ1) is 9.79. The number of ether oxygens (including phenoxy) is 1. The van der Waals surface area contributed by atoms with E-state index in [-0.39, 0.29) is 24.3 Å². The van der Waals surface area contributed by atoms with Crippen molar-refractivity contribution in [2.24, 2.45) is 17.3 Å². The molecule has 0 heterocycles. The van der Waals surface area contributed by atoms with Crippen LogP contribution in [0.15, 0.2) is 0 Å². The highest BCUT2D eigenvalue weighted by Gasteiger charge is 2.34. The molecule has 4 heteroatoms. The third kappa shape index (κ3) is 5.33. The van der Waals surface area contributed by atoms with Crippen molar-refractivity contribution < 1.29 is 14.3 Å². The highest BCUT2D eigenvalue weighted by Crippen LogP contribution is 2.40. The normalized spacial score (nSPS) is 22.7. The van der Waals surface area contributed by atoms with Crippen LogP contribution in [0.5, 0.6) is 0 Å². The number of methoxy groups -OCH3 is 1. The quantitative estimate of drug-likeness (QED) is 0.732. The molecule has 21 heavy (non-hydrogen) atoms. The fourth-order valence-corrected chi connectivity index (χ4v) is 3.22. The number of hydrogen-bond acceptors (Lipinski definition) is 3. The van der Waals surface area contributed by atoms with Crippen molar-refractivity contribution in [1.82, 2.24) is 4.90 Å². The van der Waals surface area contributed by atoms with Gasteiger partial charge in [-0.1, -0.05) is 27.7 Å². The van der Waals surface area contributed by atoms with Gasteiger partial charge in [0.1, 0.15) is 6.54 Å². The molecule has 0 aliphatic heterocycles. The minimum atomic E-state index is -0.333. The average molecular weight is 297 g/mol. The molecule has 0 spiro atoms. The Morgan fingerprint density at radius 1 is 1.14 bits per heavy atom. The Morgan fingerprint density at radius 2 is 1.71 bits per heavy atom. The van der Waals surface area contributed by atoms with Gasteiger partial charge in [0, 0.05) is 12.5 Å². The lowest BCUT2D eigenvalue weighted by atomic mass is 9.69. The van der Waals surface area contributed by atoms with E-state index in [0.29, 0.717) is 17.9 Å². The number of carbonyl (C=O) groups excluding carboxylic acids is 2. The Morgan fingerprint density at radius 3 is 2.14 bits per heavy atom. The van der Waals surface area contributed by atoms with E-state index in [1.807, 2.05) is 6.92 Å². The maximum atomic E-state index is 12.6. The summed E-state index contributed by atoms with van der Waals surface area (Å²) in [4.78, 5) is 25.7. The Bertz CT molecular complexity index is 352. The van der Waals surface area contributed by atoms with E-state index in [1.165, 1.54) is 7.11 Å². The van der Waals surface area contributed by atoms with Crippen LogP contribution in [0, 0.1) is 17.3 Å². The summed E-state index contributed by atoms with van der Waals surface area (Å²) in [6.45, 7) is 9.57. The van der Waals surface area contributed by atoms with Crippen LogP contribution in [-0.2, 0) is 14.3 Å². The second-order valence-corrected chi connectivity index (χ2v) is 7.25. The molecule has 1 fully saturated rings. The lowest BCUT2D eigenvalue weighted by Crippen LogP contribution is -2.42. The van der Waals surface area contributed by atoms with Crippen molar-refractivity contribution in [3.8, 4) is 0 Å². The van der Waals surface area contributed by atoms with Crippen molar-refractivity contribution in [3.05, 3.63) is 0 Å². The number of rotatable bonds is 5. The van der Waals surface area contributed by atoms with Gasteiger partial charge < -0.3 is 9.64 Å². The van der Waals surface area contributed by atoms with Crippen molar-refractivity contribution in [3.63, 3.8) is 0 Å². The van der Waals surface area contributed by atoms with Crippen molar-refractivity contribution in [2.75, 3.05) is 20.2 Å². The molecule has 122 valence electrons. The molecule has 0 unspecified atom stereocenters. The van der Waals surface area contributed by atoms with Gasteiger partial charge in [0.25, 0.3) is 0 Å². The van der Waals surface area contributed by atoms with Gasteiger partial charge in [-0.25, -0.2) is 0 Å². The summed E-state index contributed by atoms with van der Waals surface area (Å²) < 4.78 is 4.69. The molecule has 0 saturated heterocycles. The van der Waals surface area contributed by atoms with Crippen LogP contribution in [0.25, 0.3) is 0 Å². The average Bonchev–Trinajstić information content (AvgIpc) is 2.45. The van der Waals surface area contributed by atoms with E-state index in [0.717, 1.165) is 32.1 Å². The van der Waals surface area contributed by atoms with Gasteiger partial charge in [-0.2, -0.15) is 0 Å². The predicted octanol–water partition coefficient (Wildman–Crippen LogP) is 3.25. The van der Waals surface area contributed by atoms with Crippen LogP contribution < -0.4 is 0 Å². The van der Waals surface area contributed by atoms with Crippen LogP contribution in [0.2, 0.25) is 0 Å². The molecule has 1 saturated carbocycles. The van der Waals surface area contributed by atoms with Gasteiger partial charge in [-0.3, -0.25) is 9.59 Å². The van der Waals surface area contributed by atoms with Crippen molar-refractivity contribution in [1.29, 1.82) is 0 Å². The molecule has 1 amide bonds. The summed E-state index contributed by atoms with van der Waals surface area (Å²) in [5, 5.41) is 0. The fourth-order valence-electron chi connectivity index (χ4n) is 3.22. The smallest absolute Gasteiger partial charge is 0.325 e. The fraction of sp³-hybridized carbons (Fsp3) is 0.882. The molecule has 0 aromatic heterocycles. The number of carbonyl (C=O) groups is 2. The minimum absolute atomic E-state index is 0.0832. The number of nitrogens with zero attached hydrogens (tertiary/aromatic N) is 1. The van der Waals surface area contributed by atoms with Gasteiger partial charge in [0.15, 0.2) is 0 Å². The van der Waals surface area contributed by atoms with E-state index in [1.54, 1.807) is 4.90 Å². The number of hydrogen-bond donors (Lipinski definition) is 0. The molecule has 0 radical (unpaired) electrons. The van der Waals surface area contributed by atoms with Crippen LogP contribution in [0.4, 0.5) is 0 Å². The van der Waals surface area contributed by atoms with Crippen LogP contribution in [-0.4, -0.2) is 37.0 Å². The summed E-state index contributed by atoms with van der Waals surface area (Å²) in [6.07, 6.45) is 4.97. The van der Waals surface area contributed by atoms with Crippen LogP contribution >= 0.6 is 0 Å². The standard InChI is InChI=1S/C17H31NO3/c1-6-11-18(12-15(19)21-5)16(20)13-7-9-14(10-8-13)17(2,3)4/h13-14H,6-12H2,1-5H3. The van der Waals surface area contributed by atoms with Crippen LogP contribution in [0.3, 0.4) is 0 Å². The van der Waals surface area contributed by atoms with Gasteiger partial charge in [0.2, 0.25) is 5.91 Å². The van der Waals surface area contributed by atoms with Crippen molar-refractivity contribution in [2.45, 2.75) is 59.8 Å². The molecule has 1 aliphatic carbocycles. The molecule has 0 atom stereocenters. The summed E-state index contributed by atoms with van der Waals surface area (Å²) in [6, 6.07) is 0. The zero-order valence-electron chi connectivity index (χ0n) is 14.3. The number of amides is 1. The minimum Gasteiger partial charge on any atom is -0.468 e. The molecule has 0 aromatic carbocycles. The maximum Gasteiger partial charge on any atom is 0.325 e. The van der Waals surface area contributed by atoms with E-state index >= 15 is 0 Å². The summed E-state index contributed by atoms with van der Waals surface area (Å²) in [7, 11) is 1.37. The van der Waals surface area contributed by atoms with E-state index < -0.39 is 0 Å². The molecule has 1 rings (SSSR count). The van der Waals surface area contributed by atoms with Gasteiger partial charge >= 0.3 is 5.97 Å². The Labute approximate surface area is 129 Å². The Balaban J connectivity index is 2.59. The Kier molecular flexibility index (Phi) is 6.69. The second kappa shape index (κ2) is 7.81. The third-order valence-corrected chi connectivity index (χ3v) is 4.65. The maximum absolute atomic E-state index is 12.6. The lowest BCUT2D eigenvalue weighted by Gasteiger charge is -2.37. The first-order valence-electron chi connectivity index (χ1n) is 8.15. The molecular weight excluding hydrogens is 266 g/mol. The monoisotopic (exact) mass is 297 g/mol. The first kappa shape index (κ1) is 18.0. The number of esters is 1. The summed E-state index contributed by atoms with van der Waals surface area (Å²) in [5.74, 6) is 0.580. The SMILES string of the molecule is CCCN(CC(=O)OC)C(=O)C1CCC(C(C)(C)C)CC1. The van der Waals surface area contributed by atoms with Gasteiger partial charge in [0.05, 0.1) is 7.11 Å². The zero-order valence-corrected chi connectivity index (χ0v) is 14.3. The Hall–Kier alpha value is -1.06.